The number of amides is 1. The van der Waals surface area contributed by atoms with E-state index in [1.807, 2.05) is 18.2 Å². The summed E-state index contributed by atoms with van der Waals surface area (Å²) in [6.45, 7) is 7.31. The zero-order valence-electron chi connectivity index (χ0n) is 16.3. The number of fused-ring (bicyclic) bond motifs is 1. The molecule has 1 aromatic carbocycles. The molecule has 3 aromatic rings. The van der Waals surface area contributed by atoms with Crippen LogP contribution in [0.15, 0.2) is 24.3 Å². The van der Waals surface area contributed by atoms with Crippen LogP contribution in [0.4, 0.5) is 5.13 Å². The van der Waals surface area contributed by atoms with Gasteiger partial charge in [-0.2, -0.15) is 0 Å². The van der Waals surface area contributed by atoms with Gasteiger partial charge >= 0.3 is 0 Å². The quantitative estimate of drug-likeness (QED) is 0.380. The van der Waals surface area contributed by atoms with Crippen LogP contribution in [-0.4, -0.2) is 49.1 Å². The first kappa shape index (κ1) is 24.2. The summed E-state index contributed by atoms with van der Waals surface area (Å²) in [5.41, 5.74) is 1.24. The van der Waals surface area contributed by atoms with Crippen molar-refractivity contribution in [1.29, 1.82) is 0 Å². The molecule has 0 atom stereocenters. The molecule has 0 bridgehead atoms. The molecule has 2 heterocycles. The highest BCUT2D eigenvalue weighted by atomic mass is 35.5. The molecule has 0 aliphatic rings. The molecule has 0 radical (unpaired) electrons. The van der Waals surface area contributed by atoms with Crippen LogP contribution < -0.4 is 9.64 Å². The molecule has 1 amide bonds. The number of hydrogen-bond acceptors (Lipinski definition) is 6. The topological polar surface area (TPSA) is 45.7 Å². The first-order valence-electron chi connectivity index (χ1n) is 8.90. The van der Waals surface area contributed by atoms with Crippen LogP contribution in [0.5, 0.6) is 5.75 Å². The van der Waals surface area contributed by atoms with Gasteiger partial charge in [0.15, 0.2) is 5.13 Å². The fourth-order valence-corrected chi connectivity index (χ4v) is 5.30. The summed E-state index contributed by atoms with van der Waals surface area (Å²) < 4.78 is 7.14. The molecule has 0 saturated carbocycles. The molecule has 5 nitrogen and oxygen atoms in total. The number of aromatic nitrogens is 1. The standard InChI is InChI=1S/C19H21Cl2N3O2S2.ClH/c1-4-23(5-2)8-9-24(18(25)13-11-16(20)28-17(13)21)19-22-14-7-6-12(26-3)10-15(14)27-19;/h6-7,10-11H,4-5,8-9H2,1-3H3;1H. The molecule has 0 saturated heterocycles. The Balaban J connectivity index is 0.00000300. The van der Waals surface area contributed by atoms with E-state index in [0.717, 1.165) is 35.6 Å². The van der Waals surface area contributed by atoms with E-state index in [1.165, 1.54) is 22.7 Å². The first-order valence-corrected chi connectivity index (χ1v) is 11.3. The monoisotopic (exact) mass is 493 g/mol. The van der Waals surface area contributed by atoms with Crippen LogP contribution in [-0.2, 0) is 0 Å². The number of carbonyl (C=O) groups excluding carboxylic acids is 1. The van der Waals surface area contributed by atoms with Crippen molar-refractivity contribution in [3.05, 3.63) is 38.5 Å². The average molecular weight is 495 g/mol. The summed E-state index contributed by atoms with van der Waals surface area (Å²) in [6.07, 6.45) is 0. The van der Waals surface area contributed by atoms with Gasteiger partial charge in [0, 0.05) is 13.1 Å². The van der Waals surface area contributed by atoms with E-state index in [-0.39, 0.29) is 18.3 Å². The summed E-state index contributed by atoms with van der Waals surface area (Å²) in [5.74, 6) is 0.572. The lowest BCUT2D eigenvalue weighted by Gasteiger charge is -2.24. The Morgan fingerprint density at radius 2 is 1.86 bits per heavy atom. The van der Waals surface area contributed by atoms with Crippen LogP contribution in [0, 0.1) is 0 Å². The van der Waals surface area contributed by atoms with Gasteiger partial charge in [-0.05, 0) is 37.4 Å². The van der Waals surface area contributed by atoms with Crippen molar-refractivity contribution in [2.24, 2.45) is 0 Å². The van der Waals surface area contributed by atoms with Gasteiger partial charge in [-0.25, -0.2) is 4.98 Å². The molecule has 0 fully saturated rings. The number of benzene rings is 1. The first-order chi connectivity index (χ1) is 13.5. The number of thiophene rings is 1. The van der Waals surface area contributed by atoms with Gasteiger partial charge in [-0.3, -0.25) is 9.69 Å². The van der Waals surface area contributed by atoms with Crippen molar-refractivity contribution in [1.82, 2.24) is 9.88 Å². The number of nitrogens with zero attached hydrogens (tertiary/aromatic N) is 3. The van der Waals surface area contributed by atoms with Gasteiger partial charge in [-0.15, -0.1) is 23.7 Å². The molecule has 158 valence electrons. The van der Waals surface area contributed by atoms with Crippen molar-refractivity contribution < 1.29 is 9.53 Å². The summed E-state index contributed by atoms with van der Waals surface area (Å²) >= 11 is 15.0. The van der Waals surface area contributed by atoms with Gasteiger partial charge in [-0.1, -0.05) is 48.4 Å². The Hall–Kier alpha value is -1.09. The Kier molecular flexibility index (Phi) is 9.00. The Morgan fingerprint density at radius 3 is 2.45 bits per heavy atom. The van der Waals surface area contributed by atoms with E-state index in [0.29, 0.717) is 25.9 Å². The minimum absolute atomic E-state index is 0. The SMILES string of the molecule is CCN(CC)CCN(C(=O)c1cc(Cl)sc1Cl)c1nc2ccc(OC)cc2s1.Cl. The molecule has 0 unspecified atom stereocenters. The lowest BCUT2D eigenvalue weighted by Crippen LogP contribution is -2.38. The highest BCUT2D eigenvalue weighted by Gasteiger charge is 2.25. The number of anilines is 1. The third-order valence-corrected chi connectivity index (χ3v) is 7.01. The minimum Gasteiger partial charge on any atom is -0.497 e. The van der Waals surface area contributed by atoms with E-state index in [1.54, 1.807) is 18.1 Å². The number of halogens is 3. The third kappa shape index (κ3) is 5.54. The number of methoxy groups -OCH3 is 1. The summed E-state index contributed by atoms with van der Waals surface area (Å²) in [6, 6.07) is 7.31. The predicted molar refractivity (Wildman–Crippen MR) is 127 cm³/mol. The molecule has 0 N–H and O–H groups in total. The predicted octanol–water partition coefficient (Wildman–Crippen LogP) is 6.08. The summed E-state index contributed by atoms with van der Waals surface area (Å²) in [7, 11) is 1.63. The maximum atomic E-state index is 13.3. The molecule has 0 spiro atoms. The van der Waals surface area contributed by atoms with Crippen LogP contribution in [0.25, 0.3) is 10.2 Å². The molecular formula is C19H22Cl3N3O2S2. The fourth-order valence-electron chi connectivity index (χ4n) is 2.83. The maximum Gasteiger partial charge on any atom is 0.262 e. The van der Waals surface area contributed by atoms with Crippen LogP contribution >= 0.6 is 58.3 Å². The van der Waals surface area contributed by atoms with Gasteiger partial charge in [0.1, 0.15) is 10.1 Å². The van der Waals surface area contributed by atoms with Crippen molar-refractivity contribution in [2.45, 2.75) is 13.8 Å². The molecule has 29 heavy (non-hydrogen) atoms. The van der Waals surface area contributed by atoms with Crippen molar-refractivity contribution in [3.8, 4) is 5.75 Å². The number of rotatable bonds is 8. The largest absolute Gasteiger partial charge is 0.497 e. The number of carbonyl (C=O) groups is 1. The van der Waals surface area contributed by atoms with E-state index in [9.17, 15) is 4.79 Å². The molecule has 0 aliphatic carbocycles. The number of thiazole rings is 1. The second-order valence-corrected chi connectivity index (χ2v) is 9.35. The lowest BCUT2D eigenvalue weighted by atomic mass is 10.3. The summed E-state index contributed by atoms with van der Waals surface area (Å²) in [5, 5.41) is 0.638. The maximum absolute atomic E-state index is 13.3. The molecule has 2 aromatic heterocycles. The van der Waals surface area contributed by atoms with Crippen molar-refractivity contribution >= 4 is 79.5 Å². The summed E-state index contributed by atoms with van der Waals surface area (Å²) in [4.78, 5) is 21.9. The molecule has 3 rings (SSSR count). The lowest BCUT2D eigenvalue weighted by molar-refractivity contribution is 0.0984. The van der Waals surface area contributed by atoms with Crippen LogP contribution in [0.1, 0.15) is 24.2 Å². The van der Waals surface area contributed by atoms with Gasteiger partial charge in [0.25, 0.3) is 5.91 Å². The van der Waals surface area contributed by atoms with Gasteiger partial charge in [0.2, 0.25) is 0 Å². The highest BCUT2D eigenvalue weighted by Crippen LogP contribution is 2.35. The molecule has 10 heteroatoms. The van der Waals surface area contributed by atoms with Crippen LogP contribution in [0.3, 0.4) is 0 Å². The van der Waals surface area contributed by atoms with E-state index < -0.39 is 0 Å². The van der Waals surface area contributed by atoms with Crippen molar-refractivity contribution in [2.75, 3.05) is 38.2 Å². The van der Waals surface area contributed by atoms with E-state index in [2.05, 4.69) is 23.7 Å². The van der Waals surface area contributed by atoms with Crippen LogP contribution in [0.2, 0.25) is 8.67 Å². The Labute approximate surface area is 194 Å². The Morgan fingerprint density at radius 1 is 1.14 bits per heavy atom. The van der Waals surface area contributed by atoms with Gasteiger partial charge < -0.3 is 9.64 Å². The Bertz CT molecular complexity index is 973. The minimum atomic E-state index is -0.189. The zero-order chi connectivity index (χ0) is 20.3. The smallest absolute Gasteiger partial charge is 0.262 e. The number of likely N-dealkylation sites (N-methyl/N-ethyl adjacent to an activating group) is 1. The number of ether oxygens (including phenoxy) is 1. The highest BCUT2D eigenvalue weighted by molar-refractivity contribution is 7.22. The zero-order valence-corrected chi connectivity index (χ0v) is 20.2. The second kappa shape index (κ2) is 10.8. The van der Waals surface area contributed by atoms with E-state index >= 15 is 0 Å². The number of hydrogen-bond donors (Lipinski definition) is 0. The average Bonchev–Trinajstić information content (AvgIpc) is 3.26. The normalized spacial score (nSPS) is 11.0. The van der Waals surface area contributed by atoms with Crippen molar-refractivity contribution in [3.63, 3.8) is 0 Å². The fraction of sp³-hybridized carbons (Fsp3) is 0.368. The van der Waals surface area contributed by atoms with Gasteiger partial charge in [0.05, 0.1) is 27.2 Å². The third-order valence-electron chi connectivity index (χ3n) is 4.48. The molecule has 0 aliphatic heterocycles. The molecular weight excluding hydrogens is 473 g/mol. The second-order valence-electron chi connectivity index (χ2n) is 6.05. The van der Waals surface area contributed by atoms with E-state index in [4.69, 9.17) is 27.9 Å².